The van der Waals surface area contributed by atoms with E-state index in [4.69, 9.17) is 5.10 Å². The Morgan fingerprint density at radius 2 is 2.07 bits per heavy atom. The molecule has 0 radical (unpaired) electrons. The van der Waals surface area contributed by atoms with Crippen molar-refractivity contribution in [1.29, 1.82) is 0 Å². The quantitative estimate of drug-likeness (QED) is 0.395. The van der Waals surface area contributed by atoms with Crippen molar-refractivity contribution < 1.29 is 4.92 Å². The minimum absolute atomic E-state index is 0.0563. The van der Waals surface area contributed by atoms with Crippen LogP contribution in [-0.2, 0) is 13.0 Å². The van der Waals surface area contributed by atoms with Crippen LogP contribution in [0.25, 0.3) is 33.4 Å². The fraction of sp³-hybridized carbons (Fsp3) is 0.190. The maximum atomic E-state index is 11.3. The maximum Gasteiger partial charge on any atom is 0.270 e. The highest BCUT2D eigenvalue weighted by atomic mass is 16.6. The van der Waals surface area contributed by atoms with Crippen LogP contribution in [0, 0.1) is 17.0 Å². The molecule has 7 nitrogen and oxygen atoms in total. The zero-order chi connectivity index (χ0) is 19.3. The van der Waals surface area contributed by atoms with Crippen LogP contribution in [0.15, 0.2) is 48.7 Å². The molecule has 0 bridgehead atoms. The summed E-state index contributed by atoms with van der Waals surface area (Å²) in [4.78, 5) is 20.0. The lowest BCUT2D eigenvalue weighted by atomic mass is 9.96. The first kappa shape index (κ1) is 16.6. The first-order chi connectivity index (χ1) is 13.6. The number of aryl methyl sites for hydroxylation is 2. The van der Waals surface area contributed by atoms with E-state index in [2.05, 4.69) is 9.97 Å². The van der Waals surface area contributed by atoms with Gasteiger partial charge in [0.2, 0.25) is 0 Å². The predicted octanol–water partition coefficient (Wildman–Crippen LogP) is 4.32. The number of nitro groups is 1. The molecule has 0 spiro atoms. The summed E-state index contributed by atoms with van der Waals surface area (Å²) in [6.45, 7) is 2.83. The Hall–Kier alpha value is -3.61. The van der Waals surface area contributed by atoms with Crippen molar-refractivity contribution >= 4 is 16.6 Å². The van der Waals surface area contributed by atoms with E-state index in [0.717, 1.165) is 64.2 Å². The third-order valence-electron chi connectivity index (χ3n) is 5.18. The van der Waals surface area contributed by atoms with Crippen molar-refractivity contribution in [3.8, 4) is 22.5 Å². The number of non-ortho nitro benzene ring substituents is 1. The van der Waals surface area contributed by atoms with Gasteiger partial charge in [0, 0.05) is 47.2 Å². The topological polar surface area (TPSA) is 86.7 Å². The Bertz CT molecular complexity index is 1250. The number of nitrogens with zero attached hydrogens (tertiary/aromatic N) is 5. The first-order valence-electron chi connectivity index (χ1n) is 9.19. The highest BCUT2D eigenvalue weighted by Gasteiger charge is 2.26. The Balaban J connectivity index is 1.83. The molecule has 1 aliphatic heterocycles. The fourth-order valence-electron chi connectivity index (χ4n) is 3.94. The molecule has 0 aliphatic carbocycles. The molecule has 4 heterocycles. The van der Waals surface area contributed by atoms with Gasteiger partial charge < -0.3 is 0 Å². The molecule has 0 N–H and O–H groups in total. The summed E-state index contributed by atoms with van der Waals surface area (Å²) in [5.41, 5.74) is 6.40. The van der Waals surface area contributed by atoms with E-state index in [1.807, 2.05) is 35.9 Å². The normalized spacial score (nSPS) is 13.0. The van der Waals surface area contributed by atoms with Gasteiger partial charge >= 0.3 is 0 Å². The molecule has 0 saturated heterocycles. The predicted molar refractivity (Wildman–Crippen MR) is 106 cm³/mol. The molecule has 138 valence electrons. The van der Waals surface area contributed by atoms with Gasteiger partial charge in [-0.1, -0.05) is 6.07 Å². The second kappa shape index (κ2) is 6.23. The monoisotopic (exact) mass is 371 g/mol. The van der Waals surface area contributed by atoms with Crippen LogP contribution >= 0.6 is 0 Å². The largest absolute Gasteiger partial charge is 0.270 e. The summed E-state index contributed by atoms with van der Waals surface area (Å²) >= 11 is 0. The number of benzene rings is 1. The van der Waals surface area contributed by atoms with Gasteiger partial charge in [-0.3, -0.25) is 24.8 Å². The number of nitro benzene ring substituents is 1. The van der Waals surface area contributed by atoms with Crippen LogP contribution in [0.2, 0.25) is 0 Å². The van der Waals surface area contributed by atoms with Gasteiger partial charge in [0.1, 0.15) is 5.69 Å². The lowest BCUT2D eigenvalue weighted by molar-refractivity contribution is -0.384. The van der Waals surface area contributed by atoms with E-state index in [-0.39, 0.29) is 10.6 Å². The Kier molecular flexibility index (Phi) is 3.68. The van der Waals surface area contributed by atoms with Gasteiger partial charge in [0.25, 0.3) is 5.69 Å². The summed E-state index contributed by atoms with van der Waals surface area (Å²) in [7, 11) is 0. The van der Waals surface area contributed by atoms with Crippen molar-refractivity contribution in [3.05, 3.63) is 70.2 Å². The Morgan fingerprint density at radius 1 is 1.18 bits per heavy atom. The summed E-state index contributed by atoms with van der Waals surface area (Å²) < 4.78 is 2.04. The average Bonchev–Trinajstić information content (AvgIpc) is 3.28. The average molecular weight is 371 g/mol. The second-order valence-corrected chi connectivity index (χ2v) is 6.98. The van der Waals surface area contributed by atoms with E-state index < -0.39 is 0 Å². The number of fused-ring (bicyclic) bond motifs is 2. The minimum Gasteiger partial charge on any atom is -0.268 e. The van der Waals surface area contributed by atoms with Crippen LogP contribution in [0.1, 0.15) is 17.8 Å². The highest BCUT2D eigenvalue weighted by Crippen LogP contribution is 2.40. The lowest BCUT2D eigenvalue weighted by Crippen LogP contribution is -1.95. The van der Waals surface area contributed by atoms with Crippen LogP contribution in [0.4, 0.5) is 5.69 Å². The molecule has 0 unspecified atom stereocenters. The third-order valence-corrected chi connectivity index (χ3v) is 5.18. The number of aromatic nitrogens is 4. The van der Waals surface area contributed by atoms with E-state index in [1.165, 1.54) is 6.07 Å². The van der Waals surface area contributed by atoms with Gasteiger partial charge in [-0.2, -0.15) is 5.10 Å². The van der Waals surface area contributed by atoms with Crippen molar-refractivity contribution in [2.45, 2.75) is 26.3 Å². The van der Waals surface area contributed by atoms with E-state index in [0.29, 0.717) is 0 Å². The Labute approximate surface area is 160 Å². The van der Waals surface area contributed by atoms with Crippen molar-refractivity contribution in [2.24, 2.45) is 0 Å². The Morgan fingerprint density at radius 3 is 2.89 bits per heavy atom. The zero-order valence-electron chi connectivity index (χ0n) is 15.3. The molecule has 3 aromatic heterocycles. The summed E-state index contributed by atoms with van der Waals surface area (Å²) in [5, 5.41) is 16.9. The van der Waals surface area contributed by atoms with Crippen LogP contribution < -0.4 is 0 Å². The fourth-order valence-corrected chi connectivity index (χ4v) is 3.94. The molecule has 1 aliphatic rings. The molecule has 0 atom stereocenters. The van der Waals surface area contributed by atoms with E-state index in [9.17, 15) is 10.1 Å². The van der Waals surface area contributed by atoms with Gasteiger partial charge in [0.05, 0.1) is 16.1 Å². The smallest absolute Gasteiger partial charge is 0.268 e. The van der Waals surface area contributed by atoms with Crippen LogP contribution in [0.3, 0.4) is 0 Å². The summed E-state index contributed by atoms with van der Waals surface area (Å²) in [6.07, 6.45) is 3.71. The number of hydrogen-bond acceptors (Lipinski definition) is 5. The molecular formula is C21H17N5O2. The second-order valence-electron chi connectivity index (χ2n) is 6.98. The van der Waals surface area contributed by atoms with Gasteiger partial charge in [-0.25, -0.2) is 0 Å². The minimum atomic E-state index is -0.373. The third kappa shape index (κ3) is 2.55. The van der Waals surface area contributed by atoms with Crippen molar-refractivity contribution in [2.75, 3.05) is 0 Å². The summed E-state index contributed by atoms with van der Waals surface area (Å²) in [6, 6.07) is 12.6. The van der Waals surface area contributed by atoms with E-state index >= 15 is 0 Å². The lowest BCUT2D eigenvalue weighted by Gasteiger charge is -2.09. The SMILES string of the molecule is Cc1cccc(-c2nn3c(c2-c2ccnc4ccc([N+](=O)[O-])cc24)CCC3)n1. The molecule has 0 saturated carbocycles. The molecular weight excluding hydrogens is 354 g/mol. The molecule has 0 fully saturated rings. The highest BCUT2D eigenvalue weighted by molar-refractivity contribution is 5.99. The van der Waals surface area contributed by atoms with Gasteiger partial charge in [0.15, 0.2) is 0 Å². The van der Waals surface area contributed by atoms with Crippen LogP contribution in [0.5, 0.6) is 0 Å². The summed E-state index contributed by atoms with van der Waals surface area (Å²) in [5.74, 6) is 0. The molecule has 1 aromatic carbocycles. The molecule has 7 heteroatoms. The molecule has 28 heavy (non-hydrogen) atoms. The maximum absolute atomic E-state index is 11.3. The molecule has 5 rings (SSSR count). The molecule has 4 aromatic rings. The van der Waals surface area contributed by atoms with Crippen molar-refractivity contribution in [1.82, 2.24) is 19.7 Å². The molecule has 0 amide bonds. The first-order valence-corrected chi connectivity index (χ1v) is 9.19. The van der Waals surface area contributed by atoms with E-state index in [1.54, 1.807) is 18.3 Å². The van der Waals surface area contributed by atoms with Gasteiger partial charge in [-0.05, 0) is 49.6 Å². The number of hydrogen-bond donors (Lipinski definition) is 0. The zero-order valence-corrected chi connectivity index (χ0v) is 15.3. The number of pyridine rings is 2. The number of rotatable bonds is 3. The van der Waals surface area contributed by atoms with Gasteiger partial charge in [-0.15, -0.1) is 0 Å². The van der Waals surface area contributed by atoms with Crippen LogP contribution in [-0.4, -0.2) is 24.7 Å². The van der Waals surface area contributed by atoms with Crippen molar-refractivity contribution in [3.63, 3.8) is 0 Å². The standard InChI is InChI=1S/C21H17N5O2/c1-13-4-2-5-18(23-13)21-20(19-6-3-11-25(19)24-21)15-9-10-22-17-8-7-14(26(27)28)12-16(15)17/h2,4-5,7-10,12H,3,6,11H2,1H3.